The molecule has 140 valence electrons. The number of nitrogens with zero attached hydrogens (tertiary/aromatic N) is 2. The number of carbonyl (C=O) groups is 1. The van der Waals surface area contributed by atoms with Crippen LogP contribution in [-0.4, -0.2) is 15.5 Å². The van der Waals surface area contributed by atoms with Crippen molar-refractivity contribution in [1.82, 2.24) is 14.9 Å². The van der Waals surface area contributed by atoms with E-state index in [0.29, 0.717) is 10.9 Å². The summed E-state index contributed by atoms with van der Waals surface area (Å²) in [5.41, 5.74) is 2.76. The van der Waals surface area contributed by atoms with Crippen LogP contribution in [0, 0.1) is 5.92 Å². The van der Waals surface area contributed by atoms with Gasteiger partial charge in [0.05, 0.1) is 23.3 Å². The van der Waals surface area contributed by atoms with Crippen molar-refractivity contribution in [2.24, 2.45) is 5.92 Å². The Hall–Kier alpha value is -2.95. The second kappa shape index (κ2) is 8.16. The van der Waals surface area contributed by atoms with Crippen molar-refractivity contribution >= 4 is 16.8 Å². The molecule has 1 N–H and O–H groups in total. The molecule has 3 aromatic rings. The van der Waals surface area contributed by atoms with Crippen molar-refractivity contribution in [2.45, 2.75) is 39.8 Å². The molecule has 0 fully saturated rings. The third kappa shape index (κ3) is 4.25. The van der Waals surface area contributed by atoms with Gasteiger partial charge in [-0.3, -0.25) is 14.2 Å². The van der Waals surface area contributed by atoms with Crippen molar-refractivity contribution < 1.29 is 4.79 Å². The van der Waals surface area contributed by atoms with Crippen LogP contribution in [0.25, 0.3) is 10.9 Å². The van der Waals surface area contributed by atoms with E-state index in [2.05, 4.69) is 55.3 Å². The maximum atomic E-state index is 12.6. The van der Waals surface area contributed by atoms with Crippen LogP contribution in [-0.2, 0) is 17.8 Å². The highest BCUT2D eigenvalue weighted by Crippen LogP contribution is 2.22. The molecule has 1 atom stereocenters. The van der Waals surface area contributed by atoms with Crippen LogP contribution in [0.5, 0.6) is 0 Å². The van der Waals surface area contributed by atoms with Gasteiger partial charge in [-0.2, -0.15) is 0 Å². The van der Waals surface area contributed by atoms with Gasteiger partial charge in [-0.25, -0.2) is 4.98 Å². The first-order chi connectivity index (χ1) is 13.0. The first kappa shape index (κ1) is 18.8. The van der Waals surface area contributed by atoms with Crippen molar-refractivity contribution in [3.05, 3.63) is 76.3 Å². The molecule has 0 aliphatic heterocycles. The monoisotopic (exact) mass is 363 g/mol. The smallest absolute Gasteiger partial charge is 0.261 e. The molecular weight excluding hydrogens is 338 g/mol. The Bertz CT molecular complexity index is 990. The number of hydrogen-bond donors (Lipinski definition) is 1. The van der Waals surface area contributed by atoms with Gasteiger partial charge < -0.3 is 5.32 Å². The van der Waals surface area contributed by atoms with Crippen LogP contribution in [0.15, 0.2) is 59.7 Å². The highest BCUT2D eigenvalue weighted by Gasteiger charge is 2.19. The van der Waals surface area contributed by atoms with E-state index in [-0.39, 0.29) is 30.0 Å². The SMILES string of the molecule is CCc1ccc(C(NC(=O)Cn2cnc3ccccc3c2=O)C(C)C)cc1. The fraction of sp³-hybridized carbons (Fsp3) is 0.318. The fourth-order valence-corrected chi connectivity index (χ4v) is 3.19. The predicted octanol–water partition coefficient (Wildman–Crippen LogP) is 3.47. The summed E-state index contributed by atoms with van der Waals surface area (Å²) in [4.78, 5) is 29.5. The molecule has 5 heteroatoms. The molecule has 1 amide bonds. The summed E-state index contributed by atoms with van der Waals surface area (Å²) in [6.07, 6.45) is 2.42. The zero-order chi connectivity index (χ0) is 19.4. The number of fused-ring (bicyclic) bond motifs is 1. The zero-order valence-electron chi connectivity index (χ0n) is 16.0. The average Bonchev–Trinajstić information content (AvgIpc) is 2.68. The van der Waals surface area contributed by atoms with E-state index in [1.807, 2.05) is 6.07 Å². The summed E-state index contributed by atoms with van der Waals surface area (Å²) in [7, 11) is 0. The Kier molecular flexibility index (Phi) is 5.69. The zero-order valence-corrected chi connectivity index (χ0v) is 16.0. The highest BCUT2D eigenvalue weighted by molar-refractivity contribution is 5.79. The summed E-state index contributed by atoms with van der Waals surface area (Å²) in [5.74, 6) is 0.0281. The lowest BCUT2D eigenvalue weighted by Crippen LogP contribution is -2.36. The summed E-state index contributed by atoms with van der Waals surface area (Å²) < 4.78 is 1.36. The summed E-state index contributed by atoms with van der Waals surface area (Å²) in [6.45, 7) is 6.21. The van der Waals surface area contributed by atoms with Crippen LogP contribution in [0.1, 0.15) is 37.9 Å². The molecular formula is C22H25N3O2. The second-order valence-corrected chi connectivity index (χ2v) is 7.08. The second-order valence-electron chi connectivity index (χ2n) is 7.08. The minimum absolute atomic E-state index is 0.0487. The van der Waals surface area contributed by atoms with E-state index in [4.69, 9.17) is 0 Å². The van der Waals surface area contributed by atoms with Gasteiger partial charge in [-0.05, 0) is 35.6 Å². The summed E-state index contributed by atoms with van der Waals surface area (Å²) >= 11 is 0. The molecule has 0 spiro atoms. The van der Waals surface area contributed by atoms with E-state index in [0.717, 1.165) is 12.0 Å². The van der Waals surface area contributed by atoms with Crippen molar-refractivity contribution in [2.75, 3.05) is 0 Å². The lowest BCUT2D eigenvalue weighted by Gasteiger charge is -2.23. The molecule has 0 aliphatic carbocycles. The Balaban J connectivity index is 1.78. The van der Waals surface area contributed by atoms with E-state index in [1.54, 1.807) is 18.2 Å². The lowest BCUT2D eigenvalue weighted by molar-refractivity contribution is -0.122. The third-order valence-electron chi connectivity index (χ3n) is 4.78. The first-order valence-corrected chi connectivity index (χ1v) is 9.32. The van der Waals surface area contributed by atoms with Crippen LogP contribution in [0.2, 0.25) is 0 Å². The third-order valence-corrected chi connectivity index (χ3v) is 4.78. The Morgan fingerprint density at radius 1 is 1.11 bits per heavy atom. The number of aryl methyl sites for hydroxylation is 1. The average molecular weight is 363 g/mol. The van der Waals surface area contributed by atoms with Gasteiger partial charge >= 0.3 is 0 Å². The van der Waals surface area contributed by atoms with Gasteiger partial charge in [0.1, 0.15) is 6.54 Å². The van der Waals surface area contributed by atoms with E-state index in [9.17, 15) is 9.59 Å². The van der Waals surface area contributed by atoms with Crippen molar-refractivity contribution in [1.29, 1.82) is 0 Å². The number of benzene rings is 2. The summed E-state index contributed by atoms with van der Waals surface area (Å²) in [5, 5.41) is 3.58. The molecule has 1 unspecified atom stereocenters. The standard InChI is InChI=1S/C22H25N3O2/c1-4-16-9-11-17(12-10-16)21(15(2)3)24-20(26)13-25-14-23-19-8-6-5-7-18(19)22(25)27/h5-12,14-15,21H,4,13H2,1-3H3,(H,24,26). The van der Waals surface area contributed by atoms with Gasteiger partial charge in [-0.15, -0.1) is 0 Å². The highest BCUT2D eigenvalue weighted by atomic mass is 16.2. The Morgan fingerprint density at radius 3 is 2.48 bits per heavy atom. The van der Waals surface area contributed by atoms with Gasteiger partial charge in [0.2, 0.25) is 5.91 Å². The van der Waals surface area contributed by atoms with Crippen LogP contribution in [0.4, 0.5) is 0 Å². The van der Waals surface area contributed by atoms with Gasteiger partial charge in [0.25, 0.3) is 5.56 Å². The van der Waals surface area contributed by atoms with Gasteiger partial charge in [-0.1, -0.05) is 57.2 Å². The number of hydrogen-bond acceptors (Lipinski definition) is 3. The number of para-hydroxylation sites is 1. The number of rotatable bonds is 6. The van der Waals surface area contributed by atoms with Gasteiger partial charge in [0.15, 0.2) is 0 Å². The molecule has 0 saturated heterocycles. The number of carbonyl (C=O) groups excluding carboxylic acids is 1. The molecule has 1 heterocycles. The van der Waals surface area contributed by atoms with Crippen molar-refractivity contribution in [3.63, 3.8) is 0 Å². The topological polar surface area (TPSA) is 64.0 Å². The quantitative estimate of drug-likeness (QED) is 0.729. The van der Waals surface area contributed by atoms with Crippen molar-refractivity contribution in [3.8, 4) is 0 Å². The Labute approximate surface area is 159 Å². The fourth-order valence-electron chi connectivity index (χ4n) is 3.19. The number of aromatic nitrogens is 2. The molecule has 1 aromatic heterocycles. The summed E-state index contributed by atoms with van der Waals surface area (Å²) in [6, 6.07) is 15.4. The maximum Gasteiger partial charge on any atom is 0.261 e. The molecule has 0 radical (unpaired) electrons. The molecule has 0 aliphatic rings. The van der Waals surface area contributed by atoms with E-state index in [1.165, 1.54) is 16.5 Å². The predicted molar refractivity (Wildman–Crippen MR) is 108 cm³/mol. The lowest BCUT2D eigenvalue weighted by atomic mass is 9.95. The minimum atomic E-state index is -0.204. The largest absolute Gasteiger partial charge is 0.347 e. The van der Waals surface area contributed by atoms with E-state index >= 15 is 0 Å². The molecule has 0 saturated carbocycles. The molecule has 2 aromatic carbocycles. The van der Waals surface area contributed by atoms with Crippen LogP contribution < -0.4 is 10.9 Å². The maximum absolute atomic E-state index is 12.6. The van der Waals surface area contributed by atoms with E-state index < -0.39 is 0 Å². The Morgan fingerprint density at radius 2 is 1.81 bits per heavy atom. The number of nitrogens with one attached hydrogen (secondary N) is 1. The minimum Gasteiger partial charge on any atom is -0.347 e. The first-order valence-electron chi connectivity index (χ1n) is 9.32. The van der Waals surface area contributed by atoms with Crippen LogP contribution in [0.3, 0.4) is 0 Å². The molecule has 5 nitrogen and oxygen atoms in total. The molecule has 27 heavy (non-hydrogen) atoms. The molecule has 3 rings (SSSR count). The van der Waals surface area contributed by atoms with Crippen LogP contribution >= 0.6 is 0 Å². The van der Waals surface area contributed by atoms with Gasteiger partial charge in [0, 0.05) is 0 Å². The number of amides is 1. The normalized spacial score (nSPS) is 12.3. The molecule has 0 bridgehead atoms.